The van der Waals surface area contributed by atoms with E-state index in [4.69, 9.17) is 4.52 Å². The molecule has 90 valence electrons. The van der Waals surface area contributed by atoms with Crippen LogP contribution in [0.3, 0.4) is 0 Å². The Balaban J connectivity index is 2.27. The van der Waals surface area contributed by atoms with Crippen LogP contribution in [0.4, 0.5) is 0 Å². The van der Waals surface area contributed by atoms with Crippen molar-refractivity contribution in [3.8, 4) is 11.3 Å². The zero-order valence-electron chi connectivity index (χ0n) is 10.6. The van der Waals surface area contributed by atoms with Crippen LogP contribution >= 0.6 is 0 Å². The minimum atomic E-state index is 0.755. The minimum Gasteiger partial charge on any atom is -0.356 e. The third-order valence-corrected chi connectivity index (χ3v) is 2.77. The van der Waals surface area contributed by atoms with Crippen LogP contribution in [0.2, 0.25) is 0 Å². The van der Waals surface area contributed by atoms with E-state index < -0.39 is 0 Å². The van der Waals surface area contributed by atoms with Crippen LogP contribution in [-0.2, 0) is 6.54 Å². The number of rotatable bonds is 4. The maximum absolute atomic E-state index is 5.39. The van der Waals surface area contributed by atoms with Crippen molar-refractivity contribution in [2.75, 3.05) is 6.54 Å². The number of nitrogens with zero attached hydrogens (tertiary/aromatic N) is 1. The lowest BCUT2D eigenvalue weighted by Crippen LogP contribution is -2.11. The molecule has 0 saturated carbocycles. The number of hydrogen-bond acceptors (Lipinski definition) is 3. The lowest BCUT2D eigenvalue weighted by Gasteiger charge is -2.02. The molecule has 1 aromatic carbocycles. The Morgan fingerprint density at radius 2 is 2.06 bits per heavy atom. The second-order valence-electron chi connectivity index (χ2n) is 4.28. The summed E-state index contributed by atoms with van der Waals surface area (Å²) >= 11 is 0. The van der Waals surface area contributed by atoms with E-state index in [-0.39, 0.29) is 0 Å². The van der Waals surface area contributed by atoms with Gasteiger partial charge in [-0.3, -0.25) is 0 Å². The molecule has 1 N–H and O–H groups in total. The third-order valence-electron chi connectivity index (χ3n) is 2.77. The summed E-state index contributed by atoms with van der Waals surface area (Å²) in [6, 6.07) is 8.35. The van der Waals surface area contributed by atoms with E-state index in [1.807, 2.05) is 6.07 Å². The lowest BCUT2D eigenvalue weighted by atomic mass is 10.0. The second kappa shape index (κ2) is 5.15. The molecule has 0 radical (unpaired) electrons. The van der Waals surface area contributed by atoms with Gasteiger partial charge in [-0.05, 0) is 32.0 Å². The maximum Gasteiger partial charge on any atom is 0.167 e. The normalized spacial score (nSPS) is 10.8. The smallest absolute Gasteiger partial charge is 0.167 e. The Labute approximate surface area is 102 Å². The molecular weight excluding hydrogens is 212 g/mol. The Morgan fingerprint density at radius 3 is 2.82 bits per heavy atom. The molecule has 0 aliphatic heterocycles. The molecule has 0 aliphatic carbocycles. The summed E-state index contributed by atoms with van der Waals surface area (Å²) in [4.78, 5) is 0. The molecule has 0 bridgehead atoms. The molecule has 0 saturated heterocycles. The number of nitrogens with one attached hydrogen (secondary N) is 1. The third kappa shape index (κ3) is 2.74. The highest BCUT2D eigenvalue weighted by molar-refractivity contribution is 5.62. The maximum atomic E-state index is 5.39. The van der Waals surface area contributed by atoms with Crippen molar-refractivity contribution in [1.29, 1.82) is 0 Å². The highest BCUT2D eigenvalue weighted by atomic mass is 16.5. The van der Waals surface area contributed by atoms with Gasteiger partial charge >= 0.3 is 0 Å². The van der Waals surface area contributed by atoms with Crippen molar-refractivity contribution < 1.29 is 4.52 Å². The van der Waals surface area contributed by atoms with Crippen molar-refractivity contribution in [1.82, 2.24) is 10.5 Å². The van der Waals surface area contributed by atoms with Crippen LogP contribution in [0, 0.1) is 13.8 Å². The first-order valence-corrected chi connectivity index (χ1v) is 5.94. The van der Waals surface area contributed by atoms with Crippen LogP contribution in [0.15, 0.2) is 28.8 Å². The molecule has 1 heterocycles. The van der Waals surface area contributed by atoms with Crippen LogP contribution in [0.25, 0.3) is 11.3 Å². The summed E-state index contributed by atoms with van der Waals surface area (Å²) < 4.78 is 5.39. The van der Waals surface area contributed by atoms with Crippen molar-refractivity contribution >= 4 is 0 Å². The number of aryl methyl sites for hydroxylation is 2. The molecule has 0 atom stereocenters. The van der Waals surface area contributed by atoms with E-state index in [1.54, 1.807) is 0 Å². The fraction of sp³-hybridized carbons (Fsp3) is 0.357. The molecule has 2 rings (SSSR count). The van der Waals surface area contributed by atoms with E-state index in [0.717, 1.165) is 30.1 Å². The summed E-state index contributed by atoms with van der Waals surface area (Å²) in [5, 5.41) is 7.30. The van der Waals surface area contributed by atoms with E-state index in [2.05, 4.69) is 49.4 Å². The van der Waals surface area contributed by atoms with Crippen molar-refractivity contribution in [3.63, 3.8) is 0 Å². The second-order valence-corrected chi connectivity index (χ2v) is 4.28. The topological polar surface area (TPSA) is 38.1 Å². The molecule has 0 amide bonds. The SMILES string of the molecule is CCNCc1cc(-c2cc(C)ccc2C)on1. The first-order chi connectivity index (χ1) is 8.20. The van der Waals surface area contributed by atoms with E-state index in [1.165, 1.54) is 11.1 Å². The van der Waals surface area contributed by atoms with Crippen LogP contribution in [0.5, 0.6) is 0 Å². The predicted molar refractivity (Wildman–Crippen MR) is 68.8 cm³/mol. The lowest BCUT2D eigenvalue weighted by molar-refractivity contribution is 0.420. The molecule has 0 fully saturated rings. The fourth-order valence-corrected chi connectivity index (χ4v) is 1.78. The Morgan fingerprint density at radius 1 is 1.24 bits per heavy atom. The van der Waals surface area contributed by atoms with E-state index in [9.17, 15) is 0 Å². The summed E-state index contributed by atoms with van der Waals surface area (Å²) in [5.41, 5.74) is 4.51. The first kappa shape index (κ1) is 11.9. The largest absolute Gasteiger partial charge is 0.356 e. The fourth-order valence-electron chi connectivity index (χ4n) is 1.78. The molecular formula is C14H18N2O. The zero-order valence-corrected chi connectivity index (χ0v) is 10.6. The summed E-state index contributed by atoms with van der Waals surface area (Å²) in [6.45, 7) is 7.93. The van der Waals surface area contributed by atoms with Crippen LogP contribution < -0.4 is 5.32 Å². The average molecular weight is 230 g/mol. The van der Waals surface area contributed by atoms with E-state index >= 15 is 0 Å². The van der Waals surface area contributed by atoms with Crippen LogP contribution in [0.1, 0.15) is 23.7 Å². The van der Waals surface area contributed by atoms with Gasteiger partial charge in [0.15, 0.2) is 5.76 Å². The quantitative estimate of drug-likeness (QED) is 0.877. The van der Waals surface area contributed by atoms with Gasteiger partial charge in [-0.1, -0.05) is 29.8 Å². The molecule has 3 heteroatoms. The summed E-state index contributed by atoms with van der Waals surface area (Å²) in [7, 11) is 0. The van der Waals surface area contributed by atoms with Crippen molar-refractivity contribution in [2.45, 2.75) is 27.3 Å². The number of aromatic nitrogens is 1. The Kier molecular flexibility index (Phi) is 3.59. The van der Waals surface area contributed by atoms with E-state index in [0.29, 0.717) is 0 Å². The zero-order chi connectivity index (χ0) is 12.3. The van der Waals surface area contributed by atoms with Gasteiger partial charge in [0.25, 0.3) is 0 Å². The van der Waals surface area contributed by atoms with Gasteiger partial charge in [-0.2, -0.15) is 0 Å². The standard InChI is InChI=1S/C14H18N2O/c1-4-15-9-12-8-14(17-16-12)13-7-10(2)5-6-11(13)3/h5-8,15H,4,9H2,1-3H3. The van der Waals surface area contributed by atoms with Crippen LogP contribution in [-0.4, -0.2) is 11.7 Å². The number of hydrogen-bond donors (Lipinski definition) is 1. The molecule has 0 spiro atoms. The van der Waals surface area contributed by atoms with Gasteiger partial charge < -0.3 is 9.84 Å². The summed E-state index contributed by atoms with van der Waals surface area (Å²) in [5.74, 6) is 0.846. The van der Waals surface area contributed by atoms with Gasteiger partial charge in [0, 0.05) is 18.2 Å². The van der Waals surface area contributed by atoms with Gasteiger partial charge in [-0.15, -0.1) is 0 Å². The number of benzene rings is 1. The molecule has 1 aromatic heterocycles. The first-order valence-electron chi connectivity index (χ1n) is 5.94. The van der Waals surface area contributed by atoms with Gasteiger partial charge in [0.05, 0.1) is 5.69 Å². The highest BCUT2D eigenvalue weighted by Gasteiger charge is 2.09. The molecule has 17 heavy (non-hydrogen) atoms. The van der Waals surface area contributed by atoms with Gasteiger partial charge in [0.2, 0.25) is 0 Å². The molecule has 3 nitrogen and oxygen atoms in total. The Hall–Kier alpha value is -1.61. The average Bonchev–Trinajstić information content (AvgIpc) is 2.78. The van der Waals surface area contributed by atoms with Crippen molar-refractivity contribution in [3.05, 3.63) is 41.1 Å². The van der Waals surface area contributed by atoms with Gasteiger partial charge in [0.1, 0.15) is 0 Å². The monoisotopic (exact) mass is 230 g/mol. The Bertz CT molecular complexity index is 503. The molecule has 0 unspecified atom stereocenters. The summed E-state index contributed by atoms with van der Waals surface area (Å²) in [6.07, 6.45) is 0. The minimum absolute atomic E-state index is 0.755. The van der Waals surface area contributed by atoms with Crippen molar-refractivity contribution in [2.24, 2.45) is 0 Å². The molecule has 2 aromatic rings. The predicted octanol–water partition coefficient (Wildman–Crippen LogP) is 3.07. The van der Waals surface area contributed by atoms with Gasteiger partial charge in [-0.25, -0.2) is 0 Å². The highest BCUT2D eigenvalue weighted by Crippen LogP contribution is 2.25. The molecule has 0 aliphatic rings.